The average Bonchev–Trinajstić information content (AvgIpc) is 3.35. The quantitative estimate of drug-likeness (QED) is 0.581. The second-order valence-corrected chi connectivity index (χ2v) is 11.2. The Hall–Kier alpha value is -3.24. The number of amides is 3. The minimum Gasteiger partial charge on any atom is -0.494 e. The van der Waals surface area contributed by atoms with Crippen molar-refractivity contribution in [1.29, 1.82) is 0 Å². The van der Waals surface area contributed by atoms with Crippen molar-refractivity contribution in [2.45, 2.75) is 19.4 Å². The van der Waals surface area contributed by atoms with Crippen molar-refractivity contribution >= 4 is 33.2 Å². The van der Waals surface area contributed by atoms with Gasteiger partial charge >= 0.3 is 0 Å². The molecule has 2 aromatic rings. The van der Waals surface area contributed by atoms with Crippen LogP contribution in [-0.4, -0.2) is 86.3 Å². The normalized spacial score (nSPS) is 21.9. The van der Waals surface area contributed by atoms with E-state index in [1.165, 1.54) is 12.1 Å². The summed E-state index contributed by atoms with van der Waals surface area (Å²) in [5.41, 5.74) is 1.28. The van der Waals surface area contributed by atoms with Gasteiger partial charge in [0.25, 0.3) is 17.7 Å². The molecule has 0 radical (unpaired) electrons. The van der Waals surface area contributed by atoms with E-state index in [1.54, 1.807) is 35.2 Å². The zero-order valence-electron chi connectivity index (χ0n) is 19.5. The molecule has 1 atom stereocenters. The van der Waals surface area contributed by atoms with Crippen LogP contribution in [0.15, 0.2) is 42.5 Å². The first kappa shape index (κ1) is 23.5. The van der Waals surface area contributed by atoms with Crippen LogP contribution >= 0.6 is 0 Å². The van der Waals surface area contributed by atoms with E-state index in [0.29, 0.717) is 56.2 Å². The maximum Gasteiger partial charge on any atom is 0.266 e. The number of nitrogens with zero attached hydrogens (tertiary/aromatic N) is 3. The van der Waals surface area contributed by atoms with Crippen LogP contribution in [0.4, 0.5) is 5.69 Å². The number of piperazine rings is 1. The van der Waals surface area contributed by atoms with Gasteiger partial charge in [-0.25, -0.2) is 13.3 Å². The van der Waals surface area contributed by atoms with Crippen LogP contribution in [0.5, 0.6) is 5.75 Å². The number of benzene rings is 2. The molecule has 0 aliphatic carbocycles. The van der Waals surface area contributed by atoms with E-state index in [-0.39, 0.29) is 34.6 Å². The maximum absolute atomic E-state index is 13.2. The second kappa shape index (κ2) is 9.09. The molecule has 2 aromatic carbocycles. The summed E-state index contributed by atoms with van der Waals surface area (Å²) >= 11 is 0. The van der Waals surface area contributed by atoms with Crippen LogP contribution in [0, 0.1) is 0 Å². The molecule has 184 valence electrons. The molecule has 0 spiro atoms. The minimum absolute atomic E-state index is 0.0227. The molecule has 1 unspecified atom stereocenters. The Morgan fingerprint density at radius 2 is 1.66 bits per heavy atom. The summed E-state index contributed by atoms with van der Waals surface area (Å²) in [7, 11) is -2.95. The summed E-state index contributed by atoms with van der Waals surface area (Å²) in [4.78, 5) is 44.2. The lowest BCUT2D eigenvalue weighted by atomic mass is 10.0. The van der Waals surface area contributed by atoms with Crippen molar-refractivity contribution in [2.75, 3.05) is 49.2 Å². The SMILES string of the molecule is CCOc1ccc(N2C(=O)c3ccc(C(=O)N4CCN(C5CCS(=O)(=O)C5)CC4)cc3C2=O)cc1. The fraction of sp³-hybridized carbons (Fsp3) is 0.400. The lowest BCUT2D eigenvalue weighted by molar-refractivity contribution is 0.0587. The van der Waals surface area contributed by atoms with Gasteiger partial charge in [-0.05, 0) is 55.8 Å². The largest absolute Gasteiger partial charge is 0.494 e. The number of ether oxygens (including phenoxy) is 1. The summed E-state index contributed by atoms with van der Waals surface area (Å²) in [5, 5.41) is 0. The number of rotatable bonds is 5. The molecule has 5 rings (SSSR count). The molecule has 0 aromatic heterocycles. The van der Waals surface area contributed by atoms with Crippen molar-refractivity contribution < 1.29 is 27.5 Å². The predicted molar refractivity (Wildman–Crippen MR) is 130 cm³/mol. The monoisotopic (exact) mass is 497 g/mol. The van der Waals surface area contributed by atoms with Gasteiger partial charge in [-0.2, -0.15) is 0 Å². The molecule has 3 amide bonds. The molecule has 9 nitrogen and oxygen atoms in total. The molecule has 35 heavy (non-hydrogen) atoms. The third-order valence-corrected chi connectivity index (χ3v) is 8.62. The Bertz CT molecular complexity index is 1280. The average molecular weight is 498 g/mol. The highest BCUT2D eigenvalue weighted by atomic mass is 32.2. The van der Waals surface area contributed by atoms with Crippen molar-refractivity contribution in [1.82, 2.24) is 9.80 Å². The van der Waals surface area contributed by atoms with Gasteiger partial charge in [0.2, 0.25) is 0 Å². The van der Waals surface area contributed by atoms with E-state index >= 15 is 0 Å². The van der Waals surface area contributed by atoms with E-state index < -0.39 is 21.7 Å². The summed E-state index contributed by atoms with van der Waals surface area (Å²) in [6.07, 6.45) is 0.641. The highest BCUT2D eigenvalue weighted by Gasteiger charge is 2.38. The van der Waals surface area contributed by atoms with Gasteiger partial charge in [-0.15, -0.1) is 0 Å². The van der Waals surface area contributed by atoms with E-state index in [9.17, 15) is 22.8 Å². The van der Waals surface area contributed by atoms with Crippen molar-refractivity contribution in [3.8, 4) is 5.75 Å². The molecule has 2 fully saturated rings. The number of anilines is 1. The van der Waals surface area contributed by atoms with Crippen LogP contribution in [-0.2, 0) is 9.84 Å². The molecular formula is C25H27N3O6S. The van der Waals surface area contributed by atoms with Crippen LogP contribution in [0.2, 0.25) is 0 Å². The number of hydrogen-bond donors (Lipinski definition) is 0. The molecule has 0 N–H and O–H groups in total. The third kappa shape index (κ3) is 4.43. The maximum atomic E-state index is 13.2. The van der Waals surface area contributed by atoms with Crippen LogP contribution < -0.4 is 9.64 Å². The summed E-state index contributed by atoms with van der Waals surface area (Å²) in [5.74, 6) is -0.0231. The summed E-state index contributed by atoms with van der Waals surface area (Å²) in [6, 6.07) is 11.4. The Morgan fingerprint density at radius 3 is 2.29 bits per heavy atom. The molecule has 0 bridgehead atoms. The first-order valence-electron chi connectivity index (χ1n) is 11.8. The topological polar surface area (TPSA) is 104 Å². The first-order chi connectivity index (χ1) is 16.8. The Kier molecular flexibility index (Phi) is 6.10. The lowest BCUT2D eigenvalue weighted by Crippen LogP contribution is -2.52. The van der Waals surface area contributed by atoms with Crippen molar-refractivity contribution in [2.24, 2.45) is 0 Å². The Labute approximate surface area is 204 Å². The standard InChI is InChI=1S/C25H27N3O6S/c1-2-34-20-6-4-18(5-7-20)28-24(30)21-8-3-17(15-22(21)25(28)31)23(29)27-12-10-26(11-13-27)19-9-14-35(32,33)16-19/h3-8,15,19H,2,9-14,16H2,1H3. The molecule has 3 heterocycles. The highest BCUT2D eigenvalue weighted by Crippen LogP contribution is 2.30. The highest BCUT2D eigenvalue weighted by molar-refractivity contribution is 7.91. The van der Waals surface area contributed by atoms with Gasteiger partial charge in [0, 0.05) is 37.8 Å². The van der Waals surface area contributed by atoms with Crippen LogP contribution in [0.25, 0.3) is 0 Å². The molecule has 3 aliphatic rings. The van der Waals surface area contributed by atoms with E-state index in [4.69, 9.17) is 4.74 Å². The fourth-order valence-corrected chi connectivity index (χ4v) is 6.76. The third-order valence-electron chi connectivity index (χ3n) is 6.87. The number of sulfone groups is 1. The molecular weight excluding hydrogens is 470 g/mol. The van der Waals surface area contributed by atoms with Gasteiger partial charge in [-0.3, -0.25) is 19.3 Å². The van der Waals surface area contributed by atoms with Crippen LogP contribution in [0.1, 0.15) is 44.4 Å². The summed E-state index contributed by atoms with van der Waals surface area (Å²) < 4.78 is 29.0. The van der Waals surface area contributed by atoms with Gasteiger partial charge in [0.1, 0.15) is 5.75 Å². The second-order valence-electron chi connectivity index (χ2n) is 9.02. The van der Waals surface area contributed by atoms with Crippen molar-refractivity contribution in [3.05, 3.63) is 59.2 Å². The smallest absolute Gasteiger partial charge is 0.266 e. The molecule has 0 saturated carbocycles. The molecule has 3 aliphatic heterocycles. The van der Waals surface area contributed by atoms with Crippen LogP contribution in [0.3, 0.4) is 0 Å². The van der Waals surface area contributed by atoms with Crippen molar-refractivity contribution in [3.63, 3.8) is 0 Å². The minimum atomic E-state index is -2.95. The number of hydrogen-bond acceptors (Lipinski definition) is 7. The predicted octanol–water partition coefficient (Wildman–Crippen LogP) is 1.83. The van der Waals surface area contributed by atoms with Gasteiger partial charge in [-0.1, -0.05) is 0 Å². The van der Waals surface area contributed by atoms with E-state index in [2.05, 4.69) is 4.90 Å². The zero-order chi connectivity index (χ0) is 24.7. The number of fused-ring (bicyclic) bond motifs is 1. The Balaban J connectivity index is 1.28. The number of carbonyl (C=O) groups is 3. The van der Waals surface area contributed by atoms with Gasteiger partial charge in [0.15, 0.2) is 9.84 Å². The zero-order valence-corrected chi connectivity index (χ0v) is 20.3. The molecule has 10 heteroatoms. The van der Waals surface area contributed by atoms with Gasteiger partial charge < -0.3 is 9.64 Å². The Morgan fingerprint density at radius 1 is 0.971 bits per heavy atom. The van der Waals surface area contributed by atoms with E-state index in [0.717, 1.165) is 4.90 Å². The van der Waals surface area contributed by atoms with E-state index in [1.807, 2.05) is 6.92 Å². The van der Waals surface area contributed by atoms with Gasteiger partial charge in [0.05, 0.1) is 34.9 Å². The number of carbonyl (C=O) groups excluding carboxylic acids is 3. The summed E-state index contributed by atoms with van der Waals surface area (Å²) in [6.45, 7) is 4.58. The lowest BCUT2D eigenvalue weighted by Gasteiger charge is -2.37. The molecule has 2 saturated heterocycles. The number of imide groups is 1. The fourth-order valence-electron chi connectivity index (χ4n) is 5.00. The first-order valence-corrected chi connectivity index (χ1v) is 13.6.